The fourth-order valence-electron chi connectivity index (χ4n) is 10.7. The maximum Gasteiger partial charge on any atom is 0.220 e. The first kappa shape index (κ1) is 33.7. The van der Waals surface area contributed by atoms with E-state index in [1.165, 1.54) is 11.3 Å². The number of benzene rings is 10. The number of hydrogen-bond acceptors (Lipinski definition) is 3. The van der Waals surface area contributed by atoms with Gasteiger partial charge in [0.25, 0.3) is 0 Å². The van der Waals surface area contributed by atoms with Crippen LogP contribution in [0, 0.1) is 17.9 Å². The number of para-hydroxylation sites is 2. The van der Waals surface area contributed by atoms with E-state index in [4.69, 9.17) is 6.85 Å². The molecule has 14 aromatic rings. The molecule has 4 heterocycles. The van der Waals surface area contributed by atoms with Gasteiger partial charge in [-0.2, -0.15) is 5.26 Å². The van der Waals surface area contributed by atoms with Crippen molar-refractivity contribution < 1.29 is 6.85 Å². The zero-order chi connectivity index (χ0) is 49.4. The molecule has 0 aliphatic carbocycles. The molecule has 14 rings (SSSR count). The van der Waals surface area contributed by atoms with Crippen LogP contribution in [0.15, 0.2) is 206 Å². The Kier molecular flexibility index (Phi) is 7.36. The molecule has 6 heteroatoms. The van der Waals surface area contributed by atoms with Crippen LogP contribution in [-0.4, -0.2) is 9.13 Å². The molecule has 0 unspecified atom stereocenters. The first-order chi connectivity index (χ1) is 35.8. The van der Waals surface area contributed by atoms with E-state index in [-0.39, 0.29) is 17.6 Å². The summed E-state index contributed by atoms with van der Waals surface area (Å²) in [6.45, 7) is 9.27. The van der Waals surface area contributed by atoms with E-state index < -0.39 is 18.1 Å². The highest BCUT2D eigenvalue weighted by molar-refractivity contribution is 7.27. The summed E-state index contributed by atoms with van der Waals surface area (Å²) in [5.41, 5.74) is 9.04. The van der Waals surface area contributed by atoms with Gasteiger partial charge in [-0.15, -0.1) is 22.7 Å². The first-order valence-corrected chi connectivity index (χ1v) is 23.8. The maximum atomic E-state index is 12.1. The smallest absolute Gasteiger partial charge is 0.220 e. The molecule has 0 amide bonds. The van der Waals surface area contributed by atoms with E-state index in [0.717, 1.165) is 95.1 Å². The summed E-state index contributed by atoms with van der Waals surface area (Å²) in [5.74, 6) is 0. The lowest BCUT2D eigenvalue weighted by molar-refractivity contribution is 1.14. The van der Waals surface area contributed by atoms with Gasteiger partial charge in [0.15, 0.2) is 0 Å². The van der Waals surface area contributed by atoms with Crippen molar-refractivity contribution in [3.63, 3.8) is 0 Å². The lowest BCUT2D eigenvalue weighted by atomic mass is 9.88. The molecular weight excluding hydrogens is 865 g/mol. The van der Waals surface area contributed by atoms with Gasteiger partial charge in [0, 0.05) is 63.6 Å². The van der Waals surface area contributed by atoms with Gasteiger partial charge in [-0.1, -0.05) is 188 Å². The van der Waals surface area contributed by atoms with Crippen LogP contribution in [0.25, 0.3) is 134 Å². The Labute approximate surface area is 405 Å². The van der Waals surface area contributed by atoms with Crippen LogP contribution in [0.4, 0.5) is 5.69 Å². The monoisotopic (exact) mass is 903 g/mol. The normalized spacial score (nSPS) is 12.8. The molecule has 4 aromatic heterocycles. The molecular formula is C62H34N4S2. The van der Waals surface area contributed by atoms with Crippen LogP contribution >= 0.6 is 22.7 Å². The minimum Gasteiger partial charge on any atom is -0.318 e. The van der Waals surface area contributed by atoms with Gasteiger partial charge >= 0.3 is 0 Å². The average molecular weight is 904 g/mol. The Morgan fingerprint density at radius 3 is 1.63 bits per heavy atom. The average Bonchev–Trinajstić information content (AvgIpc) is 4.20. The number of fused-ring (bicyclic) bond motifs is 14. The number of aromatic nitrogens is 2. The topological polar surface area (TPSA) is 38.0 Å². The lowest BCUT2D eigenvalue weighted by Gasteiger charge is -2.26. The summed E-state index contributed by atoms with van der Waals surface area (Å²) in [4.78, 5) is 4.49. The van der Waals surface area contributed by atoms with Gasteiger partial charge in [0.05, 0.1) is 61.8 Å². The summed E-state index contributed by atoms with van der Waals surface area (Å²) < 4.78 is 52.2. The fraction of sp³-hybridized carbons (Fsp3) is 0. The van der Waals surface area contributed by atoms with Crippen LogP contribution in [0.2, 0.25) is 0 Å². The number of nitrogens with zero attached hydrogens (tertiary/aromatic N) is 4. The molecule has 0 N–H and O–H groups in total. The minimum atomic E-state index is -0.442. The Bertz CT molecular complexity index is 4740. The molecule has 0 aliphatic rings. The van der Waals surface area contributed by atoms with E-state index >= 15 is 0 Å². The third kappa shape index (κ3) is 5.33. The van der Waals surface area contributed by atoms with Crippen LogP contribution < -0.4 is 0 Å². The summed E-state index contributed by atoms with van der Waals surface area (Å²) in [6, 6.07) is 60.4. The van der Waals surface area contributed by atoms with Crippen molar-refractivity contribution in [1.82, 2.24) is 9.13 Å². The van der Waals surface area contributed by atoms with Crippen molar-refractivity contribution in [2.45, 2.75) is 0 Å². The second kappa shape index (κ2) is 14.9. The van der Waals surface area contributed by atoms with Crippen LogP contribution in [0.3, 0.4) is 0 Å². The van der Waals surface area contributed by atoms with Crippen LogP contribution in [-0.2, 0) is 0 Å². The predicted molar refractivity (Wildman–Crippen MR) is 288 cm³/mol. The standard InChI is InChI=1S/C62H34N4S2/c1-64-55-53(38-20-7-3-8-21-38)49(36-63)56(54(39-22-9-4-10-23-39)59(55)65-50-29-14-11-24-41(50)42-25-12-15-30-51(42)65)66-57-44(32-34-47-43-26-13-16-31-52(43)67-61(47)57)45-33-35-48-46-28-17-27-40(37-18-5-2-6-19-37)60(46)68-62(48)58(45)66/h2-35H/i2D,5D,6D,18D,19D. The van der Waals surface area contributed by atoms with Crippen molar-refractivity contribution >= 4 is 112 Å². The Morgan fingerprint density at radius 2 is 0.985 bits per heavy atom. The largest absolute Gasteiger partial charge is 0.318 e. The fourth-order valence-corrected chi connectivity index (χ4v) is 13.3. The lowest BCUT2D eigenvalue weighted by Crippen LogP contribution is -2.09. The van der Waals surface area contributed by atoms with Gasteiger partial charge in [0.1, 0.15) is 6.07 Å². The minimum absolute atomic E-state index is 0.142. The number of hydrogen-bond donors (Lipinski definition) is 0. The van der Waals surface area contributed by atoms with Gasteiger partial charge in [0.2, 0.25) is 5.69 Å². The first-order valence-electron chi connectivity index (χ1n) is 24.7. The van der Waals surface area contributed by atoms with Crippen molar-refractivity contribution in [2.75, 3.05) is 0 Å². The summed E-state index contributed by atoms with van der Waals surface area (Å²) in [5, 5.41) is 20.1. The quantitative estimate of drug-likeness (QED) is 0.159. The highest BCUT2D eigenvalue weighted by atomic mass is 32.1. The van der Waals surface area contributed by atoms with Crippen molar-refractivity contribution in [3.8, 4) is 50.8 Å². The molecule has 0 fully saturated rings. The Morgan fingerprint density at radius 1 is 0.456 bits per heavy atom. The van der Waals surface area contributed by atoms with E-state index in [1.807, 2.05) is 91.0 Å². The molecule has 0 radical (unpaired) electrons. The molecule has 0 saturated carbocycles. The van der Waals surface area contributed by atoms with Gasteiger partial charge in [-0.3, -0.25) is 0 Å². The number of nitriles is 1. The van der Waals surface area contributed by atoms with E-state index in [9.17, 15) is 11.8 Å². The number of thiophene rings is 2. The Hall–Kier alpha value is -8.78. The predicted octanol–water partition coefficient (Wildman–Crippen LogP) is 18.0. The zero-order valence-electron chi connectivity index (χ0n) is 40.8. The van der Waals surface area contributed by atoms with Crippen molar-refractivity contribution in [1.29, 1.82) is 5.26 Å². The van der Waals surface area contributed by atoms with Gasteiger partial charge in [-0.25, -0.2) is 4.85 Å². The third-order valence-electron chi connectivity index (χ3n) is 13.5. The second-order valence-corrected chi connectivity index (χ2v) is 19.0. The molecule has 0 spiro atoms. The molecule has 314 valence electrons. The van der Waals surface area contributed by atoms with Crippen molar-refractivity contribution in [2.24, 2.45) is 0 Å². The summed E-state index contributed by atoms with van der Waals surface area (Å²) in [7, 11) is 0. The van der Waals surface area contributed by atoms with Crippen molar-refractivity contribution in [3.05, 3.63) is 223 Å². The maximum absolute atomic E-state index is 12.1. The molecule has 0 atom stereocenters. The van der Waals surface area contributed by atoms with Gasteiger partial charge < -0.3 is 9.13 Å². The van der Waals surface area contributed by atoms with E-state index in [2.05, 4.69) is 105 Å². The van der Waals surface area contributed by atoms with E-state index in [1.54, 1.807) is 11.3 Å². The molecule has 4 nitrogen and oxygen atoms in total. The van der Waals surface area contributed by atoms with E-state index in [0.29, 0.717) is 39.3 Å². The summed E-state index contributed by atoms with van der Waals surface area (Å²) in [6.07, 6.45) is 0. The second-order valence-electron chi connectivity index (χ2n) is 16.9. The Balaban J connectivity index is 1.28. The van der Waals surface area contributed by atoms with Crippen LogP contribution in [0.1, 0.15) is 12.4 Å². The van der Waals surface area contributed by atoms with Gasteiger partial charge in [-0.05, 0) is 40.5 Å². The summed E-state index contributed by atoms with van der Waals surface area (Å²) >= 11 is 3.23. The number of rotatable bonds is 5. The molecule has 0 aliphatic heterocycles. The van der Waals surface area contributed by atoms with Crippen LogP contribution in [0.5, 0.6) is 0 Å². The zero-order valence-corrected chi connectivity index (χ0v) is 37.5. The third-order valence-corrected chi connectivity index (χ3v) is 15.9. The highest BCUT2D eigenvalue weighted by Crippen LogP contribution is 2.55. The highest BCUT2D eigenvalue weighted by Gasteiger charge is 2.33. The molecule has 0 saturated heterocycles. The molecule has 0 bridgehead atoms. The molecule has 10 aromatic carbocycles. The molecule has 68 heavy (non-hydrogen) atoms. The SMILES string of the molecule is [2H]c1c([2H])c([2H])c(-c2cccc3c2sc2c3ccc3c4ccc5c6ccccc6sc5c4n(-c4c(C#N)c(-c5ccccc5)c([N+]#[C-])c(-n5c6ccccc6c6ccccc65)c4-c4ccccc4)c32)c([2H])c1[2H].